The van der Waals surface area contributed by atoms with Gasteiger partial charge in [0.05, 0.1) is 6.61 Å². The van der Waals surface area contributed by atoms with Gasteiger partial charge < -0.3 is 5.11 Å². The van der Waals surface area contributed by atoms with Crippen molar-refractivity contribution in [3.8, 4) is 0 Å². The Morgan fingerprint density at radius 3 is 2.65 bits per heavy atom. The van der Waals surface area contributed by atoms with Crippen molar-refractivity contribution in [2.75, 3.05) is 26.2 Å². The van der Waals surface area contributed by atoms with Gasteiger partial charge in [0.2, 0.25) is 0 Å². The minimum Gasteiger partial charge on any atom is -0.395 e. The second-order valence-corrected chi connectivity index (χ2v) is 6.20. The molecule has 0 bridgehead atoms. The molecule has 2 aliphatic rings. The first kappa shape index (κ1) is 14.1. The van der Waals surface area contributed by atoms with Crippen LogP contribution in [0.3, 0.4) is 0 Å². The monoisotopic (exact) mass is 274 g/mol. The fourth-order valence-corrected chi connectivity index (χ4v) is 3.40. The van der Waals surface area contributed by atoms with Crippen LogP contribution in [-0.4, -0.2) is 53.2 Å². The van der Waals surface area contributed by atoms with Crippen molar-refractivity contribution < 1.29 is 5.11 Å². The lowest BCUT2D eigenvalue weighted by atomic mass is 10.1. The highest BCUT2D eigenvalue weighted by Gasteiger charge is 2.33. The van der Waals surface area contributed by atoms with Gasteiger partial charge in [-0.2, -0.15) is 0 Å². The molecule has 3 rings (SSSR count). The summed E-state index contributed by atoms with van der Waals surface area (Å²) in [6, 6.07) is 12.3. The Morgan fingerprint density at radius 2 is 1.95 bits per heavy atom. The second-order valence-electron chi connectivity index (χ2n) is 6.20. The third-order valence-corrected chi connectivity index (χ3v) is 4.62. The van der Waals surface area contributed by atoms with Gasteiger partial charge in [0.15, 0.2) is 0 Å². The Labute approximate surface area is 122 Å². The molecule has 3 nitrogen and oxygen atoms in total. The molecular formula is C17H26N2O. The minimum absolute atomic E-state index is 0.290. The Hall–Kier alpha value is -0.900. The first-order valence-corrected chi connectivity index (χ1v) is 7.99. The second kappa shape index (κ2) is 6.70. The molecule has 1 atom stereocenters. The minimum atomic E-state index is 0.290. The van der Waals surface area contributed by atoms with Crippen LogP contribution in [0.1, 0.15) is 31.2 Å². The van der Waals surface area contributed by atoms with Crippen molar-refractivity contribution in [1.29, 1.82) is 0 Å². The molecule has 1 heterocycles. The number of benzene rings is 1. The molecule has 1 N–H and O–H groups in total. The zero-order chi connectivity index (χ0) is 13.8. The number of aliphatic hydroxyl groups is 1. The van der Waals surface area contributed by atoms with E-state index in [0.29, 0.717) is 12.6 Å². The Balaban J connectivity index is 1.60. The van der Waals surface area contributed by atoms with Gasteiger partial charge in [-0.25, -0.2) is 0 Å². The quantitative estimate of drug-likeness (QED) is 0.825. The lowest BCUT2D eigenvalue weighted by Crippen LogP contribution is -2.42. The Kier molecular flexibility index (Phi) is 4.71. The fraction of sp³-hybridized carbons (Fsp3) is 0.647. The average molecular weight is 274 g/mol. The summed E-state index contributed by atoms with van der Waals surface area (Å²) in [6.45, 7) is 4.54. The molecule has 110 valence electrons. The number of aliphatic hydroxyl groups excluding tert-OH is 1. The molecule has 1 aliphatic heterocycles. The molecule has 0 amide bonds. The fourth-order valence-electron chi connectivity index (χ4n) is 3.40. The predicted octanol–water partition coefficient (Wildman–Crippen LogP) is 2.11. The smallest absolute Gasteiger partial charge is 0.0558 e. The van der Waals surface area contributed by atoms with E-state index in [2.05, 4.69) is 40.1 Å². The van der Waals surface area contributed by atoms with Crippen molar-refractivity contribution in [1.82, 2.24) is 9.80 Å². The summed E-state index contributed by atoms with van der Waals surface area (Å²) in [4.78, 5) is 5.13. The van der Waals surface area contributed by atoms with Gasteiger partial charge in [-0.15, -0.1) is 0 Å². The molecule has 0 aromatic heterocycles. The number of likely N-dealkylation sites (tertiary alicyclic amines) is 1. The van der Waals surface area contributed by atoms with Gasteiger partial charge in [0.25, 0.3) is 0 Å². The summed E-state index contributed by atoms with van der Waals surface area (Å²) in [5.74, 6) is 0. The van der Waals surface area contributed by atoms with Crippen LogP contribution in [0.25, 0.3) is 0 Å². The van der Waals surface area contributed by atoms with Crippen LogP contribution >= 0.6 is 0 Å². The maximum atomic E-state index is 9.18. The third-order valence-electron chi connectivity index (χ3n) is 4.62. The molecule has 2 fully saturated rings. The van der Waals surface area contributed by atoms with Gasteiger partial charge in [-0.3, -0.25) is 9.80 Å². The maximum Gasteiger partial charge on any atom is 0.0558 e. The molecule has 1 aliphatic carbocycles. The molecule has 0 radical (unpaired) electrons. The predicted molar refractivity (Wildman–Crippen MR) is 81.6 cm³/mol. The van der Waals surface area contributed by atoms with Crippen LogP contribution in [0.5, 0.6) is 0 Å². The standard InChI is InChI=1S/C17H26N2O/c20-12-11-18-10-4-7-17(18)14-19(16-8-9-16)13-15-5-2-1-3-6-15/h1-3,5-6,16-17,20H,4,7-14H2. The summed E-state index contributed by atoms with van der Waals surface area (Å²) in [7, 11) is 0. The number of rotatable bonds is 7. The van der Waals surface area contributed by atoms with Crippen LogP contribution in [0, 0.1) is 0 Å². The molecule has 1 aromatic carbocycles. The number of nitrogens with zero attached hydrogens (tertiary/aromatic N) is 2. The van der Waals surface area contributed by atoms with Crippen molar-refractivity contribution >= 4 is 0 Å². The lowest BCUT2D eigenvalue weighted by Gasteiger charge is -2.30. The summed E-state index contributed by atoms with van der Waals surface area (Å²) >= 11 is 0. The van der Waals surface area contributed by atoms with Gasteiger partial charge in [0, 0.05) is 31.7 Å². The van der Waals surface area contributed by atoms with Gasteiger partial charge in [0.1, 0.15) is 0 Å². The summed E-state index contributed by atoms with van der Waals surface area (Å²) < 4.78 is 0. The average Bonchev–Trinajstić information content (AvgIpc) is 3.23. The SMILES string of the molecule is OCCN1CCCC1CN(Cc1ccccc1)C1CC1. The number of hydrogen-bond donors (Lipinski definition) is 1. The van der Waals surface area contributed by atoms with Crippen molar-refractivity contribution in [3.05, 3.63) is 35.9 Å². The Bertz CT molecular complexity index is 405. The van der Waals surface area contributed by atoms with Crippen LogP contribution in [0.4, 0.5) is 0 Å². The third kappa shape index (κ3) is 3.60. The van der Waals surface area contributed by atoms with Gasteiger partial charge in [-0.05, 0) is 37.8 Å². The van der Waals surface area contributed by atoms with E-state index in [0.717, 1.165) is 25.7 Å². The summed E-state index contributed by atoms with van der Waals surface area (Å²) in [6.07, 6.45) is 5.30. The zero-order valence-corrected chi connectivity index (χ0v) is 12.2. The van der Waals surface area contributed by atoms with Gasteiger partial charge >= 0.3 is 0 Å². The largest absolute Gasteiger partial charge is 0.395 e. The molecule has 1 unspecified atom stereocenters. The normalized spacial score (nSPS) is 23.6. The maximum absolute atomic E-state index is 9.18. The van der Waals surface area contributed by atoms with Gasteiger partial charge in [-0.1, -0.05) is 30.3 Å². The number of hydrogen-bond acceptors (Lipinski definition) is 3. The molecular weight excluding hydrogens is 248 g/mol. The molecule has 3 heteroatoms. The van der Waals surface area contributed by atoms with E-state index in [1.807, 2.05) is 0 Å². The Morgan fingerprint density at radius 1 is 1.15 bits per heavy atom. The first-order chi connectivity index (χ1) is 9.86. The van der Waals surface area contributed by atoms with Crippen LogP contribution in [0.15, 0.2) is 30.3 Å². The number of β-amino-alcohol motifs (C(OH)–C–C–N with tert-alkyl or cyclic N) is 1. The molecule has 0 spiro atoms. The summed E-state index contributed by atoms with van der Waals surface area (Å²) in [5.41, 5.74) is 1.42. The van der Waals surface area contributed by atoms with E-state index in [4.69, 9.17) is 0 Å². The molecule has 1 saturated carbocycles. The summed E-state index contributed by atoms with van der Waals surface area (Å²) in [5, 5.41) is 9.18. The van der Waals surface area contributed by atoms with E-state index in [9.17, 15) is 5.11 Å². The van der Waals surface area contributed by atoms with Crippen LogP contribution in [0.2, 0.25) is 0 Å². The molecule has 1 saturated heterocycles. The van der Waals surface area contributed by atoms with Crippen molar-refractivity contribution in [3.63, 3.8) is 0 Å². The zero-order valence-electron chi connectivity index (χ0n) is 12.2. The van der Waals surface area contributed by atoms with Crippen LogP contribution < -0.4 is 0 Å². The van der Waals surface area contributed by atoms with Crippen LogP contribution in [-0.2, 0) is 6.54 Å². The van der Waals surface area contributed by atoms with E-state index < -0.39 is 0 Å². The highest BCUT2D eigenvalue weighted by Crippen LogP contribution is 2.30. The highest BCUT2D eigenvalue weighted by molar-refractivity contribution is 5.15. The van der Waals surface area contributed by atoms with E-state index in [1.54, 1.807) is 0 Å². The van der Waals surface area contributed by atoms with E-state index >= 15 is 0 Å². The lowest BCUT2D eigenvalue weighted by molar-refractivity contribution is 0.137. The highest BCUT2D eigenvalue weighted by atomic mass is 16.3. The first-order valence-electron chi connectivity index (χ1n) is 7.99. The van der Waals surface area contributed by atoms with E-state index in [-0.39, 0.29) is 0 Å². The van der Waals surface area contributed by atoms with E-state index in [1.165, 1.54) is 37.8 Å². The molecule has 20 heavy (non-hydrogen) atoms. The molecule has 1 aromatic rings. The van der Waals surface area contributed by atoms with Crippen molar-refractivity contribution in [2.45, 2.75) is 44.3 Å². The van der Waals surface area contributed by atoms with Crippen molar-refractivity contribution in [2.24, 2.45) is 0 Å². The topological polar surface area (TPSA) is 26.7 Å².